The second-order valence-electron chi connectivity index (χ2n) is 7.03. The average Bonchev–Trinajstić information content (AvgIpc) is 3.54. The molecule has 36 heavy (non-hydrogen) atoms. The van der Waals surface area contributed by atoms with Gasteiger partial charge in [-0.25, -0.2) is 9.67 Å². The number of carbonyl (C=O) groups is 1. The van der Waals surface area contributed by atoms with Crippen LogP contribution in [0.2, 0.25) is 5.02 Å². The molecule has 0 bridgehead atoms. The third-order valence-corrected chi connectivity index (χ3v) is 4.79. The lowest BCUT2D eigenvalue weighted by Crippen LogP contribution is -2.40. The quantitative estimate of drug-likeness (QED) is 0.346. The number of aromatic amines is 1. The van der Waals surface area contributed by atoms with Gasteiger partial charge in [-0.1, -0.05) is 41.9 Å². The number of halogens is 6. The van der Waals surface area contributed by atoms with E-state index >= 15 is 0 Å². The van der Waals surface area contributed by atoms with E-state index in [2.05, 4.69) is 30.2 Å². The highest BCUT2D eigenvalue weighted by atomic mass is 35.5. The molecule has 9 nitrogen and oxygen atoms in total. The van der Waals surface area contributed by atoms with Crippen molar-refractivity contribution in [2.24, 2.45) is 5.73 Å². The van der Waals surface area contributed by atoms with Gasteiger partial charge < -0.3 is 10.5 Å². The fraction of sp³-hybridized carbons (Fsp3) is 0.190. The molecule has 1 amide bonds. The molecule has 0 atom stereocenters. The van der Waals surface area contributed by atoms with Crippen LogP contribution in [0.3, 0.4) is 0 Å². The Labute approximate surface area is 205 Å². The van der Waals surface area contributed by atoms with Crippen LogP contribution in [0.4, 0.5) is 22.0 Å². The van der Waals surface area contributed by atoms with Crippen LogP contribution in [0.15, 0.2) is 60.9 Å². The van der Waals surface area contributed by atoms with Crippen LogP contribution < -0.4 is 5.73 Å². The van der Waals surface area contributed by atoms with Crippen molar-refractivity contribution in [3.63, 3.8) is 0 Å². The molecule has 190 valence electrons. The zero-order chi connectivity index (χ0) is 26.3. The zero-order valence-corrected chi connectivity index (χ0v) is 18.8. The van der Waals surface area contributed by atoms with Crippen LogP contribution in [0.5, 0.6) is 0 Å². The van der Waals surface area contributed by atoms with Gasteiger partial charge in [0.1, 0.15) is 6.61 Å². The molecule has 4 aromatic rings. The molecule has 0 aliphatic heterocycles. The second kappa shape index (κ2) is 11.2. The summed E-state index contributed by atoms with van der Waals surface area (Å²) in [6.45, 7) is -2.47. The number of nitrogens with two attached hydrogens (primary N) is 1. The molecular formula is C21H17ClF5N7O2. The van der Waals surface area contributed by atoms with Crippen molar-refractivity contribution in [3.05, 3.63) is 77.3 Å². The predicted molar refractivity (Wildman–Crippen MR) is 117 cm³/mol. The van der Waals surface area contributed by atoms with Gasteiger partial charge in [-0.2, -0.15) is 37.4 Å². The molecule has 2 aromatic heterocycles. The number of hydrogen-bond acceptors (Lipinski definition) is 6. The number of nitrogens with zero attached hydrogens (tertiary/aromatic N) is 5. The summed E-state index contributed by atoms with van der Waals surface area (Å²) in [5.74, 6) is -5.88. The summed E-state index contributed by atoms with van der Waals surface area (Å²) < 4.78 is 68.8. The first kappa shape index (κ1) is 26.7. The smallest absolute Gasteiger partial charge is 0.370 e. The Morgan fingerprint density at radius 2 is 1.72 bits per heavy atom. The Bertz CT molecular complexity index is 1260. The normalized spacial score (nSPS) is 11.6. The predicted octanol–water partition coefficient (Wildman–Crippen LogP) is 4.21. The number of ether oxygens (including phenoxy) is 1. The van der Waals surface area contributed by atoms with Crippen LogP contribution in [-0.2, 0) is 11.3 Å². The van der Waals surface area contributed by atoms with Crippen LogP contribution in [0, 0.1) is 0 Å². The van der Waals surface area contributed by atoms with Crippen molar-refractivity contribution in [1.29, 1.82) is 0 Å². The maximum atomic E-state index is 13.0. The van der Waals surface area contributed by atoms with E-state index in [1.165, 1.54) is 22.9 Å². The Morgan fingerprint density at radius 1 is 1.06 bits per heavy atom. The fourth-order valence-corrected chi connectivity index (χ4v) is 2.88. The molecular weight excluding hydrogens is 513 g/mol. The van der Waals surface area contributed by atoms with Crippen molar-refractivity contribution in [1.82, 2.24) is 30.2 Å². The molecule has 0 saturated carbocycles. The molecule has 0 aliphatic carbocycles. The van der Waals surface area contributed by atoms with Crippen molar-refractivity contribution in [2.45, 2.75) is 18.7 Å². The summed E-state index contributed by atoms with van der Waals surface area (Å²) in [5.41, 5.74) is 6.31. The topological polar surface area (TPSA) is 125 Å². The second-order valence-corrected chi connectivity index (χ2v) is 7.44. The first-order valence-corrected chi connectivity index (χ1v) is 10.3. The van der Waals surface area contributed by atoms with Gasteiger partial charge in [0.15, 0.2) is 5.82 Å². The van der Waals surface area contributed by atoms with Gasteiger partial charge in [0.2, 0.25) is 5.82 Å². The van der Waals surface area contributed by atoms with Gasteiger partial charge in [0.25, 0.3) is 5.91 Å². The molecule has 0 saturated heterocycles. The summed E-state index contributed by atoms with van der Waals surface area (Å²) in [6, 6.07) is 12.9. The third-order valence-electron chi connectivity index (χ3n) is 4.42. The minimum Gasteiger partial charge on any atom is -0.370 e. The molecule has 2 heterocycles. The van der Waals surface area contributed by atoms with Crippen LogP contribution >= 0.6 is 11.6 Å². The van der Waals surface area contributed by atoms with Gasteiger partial charge in [-0.15, -0.1) is 5.10 Å². The third kappa shape index (κ3) is 6.60. The number of H-pyrrole nitrogens is 1. The highest BCUT2D eigenvalue weighted by Gasteiger charge is 2.57. The Kier molecular flexibility index (Phi) is 8.32. The Morgan fingerprint density at radius 3 is 2.28 bits per heavy atom. The molecule has 3 N–H and O–H groups in total. The molecule has 0 aliphatic rings. The molecule has 0 spiro atoms. The van der Waals surface area contributed by atoms with Crippen molar-refractivity contribution in [3.8, 4) is 17.1 Å². The highest BCUT2D eigenvalue weighted by molar-refractivity contribution is 6.31. The number of aromatic nitrogens is 6. The maximum absolute atomic E-state index is 13.0. The Balaban J connectivity index is 0.000000642. The minimum absolute atomic E-state index is 0.0792. The summed E-state index contributed by atoms with van der Waals surface area (Å²) in [5, 5.41) is 13.5. The molecule has 0 fully saturated rings. The minimum atomic E-state index is -5.73. The molecule has 2 aromatic carbocycles. The lowest BCUT2D eigenvalue weighted by Gasteiger charge is -2.19. The van der Waals surface area contributed by atoms with Gasteiger partial charge in [0.05, 0.1) is 24.7 Å². The Hall–Kier alpha value is -3.91. The number of benzene rings is 2. The summed E-state index contributed by atoms with van der Waals surface area (Å²) in [7, 11) is 0. The standard InChI is InChI=1S/C19H14ClF5N4O2.C2H3N3/c20-14-7-6-13(8-12(14)9-31-10-18(21,22)19(23,24)25)29-17(11-4-2-1-3-5-11)27-16(28-29)15(26)30;1-2-4-5-3-1/h1-8H,9-10H2,(H2,26,30);1-2H,(H,3,4,5). The van der Waals surface area contributed by atoms with Crippen molar-refractivity contribution < 1.29 is 31.5 Å². The van der Waals surface area contributed by atoms with Gasteiger partial charge in [-0.3, -0.25) is 4.79 Å². The van der Waals surface area contributed by atoms with E-state index in [1.807, 2.05) is 0 Å². The molecule has 0 unspecified atom stereocenters. The van der Waals surface area contributed by atoms with E-state index in [-0.39, 0.29) is 22.2 Å². The number of alkyl halides is 5. The molecule has 4 rings (SSSR count). The van der Waals surface area contributed by atoms with Gasteiger partial charge >= 0.3 is 12.1 Å². The van der Waals surface area contributed by atoms with E-state index in [4.69, 9.17) is 17.3 Å². The lowest BCUT2D eigenvalue weighted by molar-refractivity contribution is -0.297. The first-order chi connectivity index (χ1) is 17.0. The largest absolute Gasteiger partial charge is 0.455 e. The maximum Gasteiger partial charge on any atom is 0.455 e. The number of rotatable bonds is 7. The zero-order valence-electron chi connectivity index (χ0n) is 18.1. The summed E-state index contributed by atoms with van der Waals surface area (Å²) >= 11 is 6.03. The summed E-state index contributed by atoms with van der Waals surface area (Å²) in [4.78, 5) is 15.7. The monoisotopic (exact) mass is 529 g/mol. The van der Waals surface area contributed by atoms with E-state index < -0.39 is 31.2 Å². The number of hydrogen-bond donors (Lipinski definition) is 2. The lowest BCUT2D eigenvalue weighted by atomic mass is 10.2. The van der Waals surface area contributed by atoms with Crippen LogP contribution in [-0.4, -0.2) is 54.8 Å². The van der Waals surface area contributed by atoms with Crippen molar-refractivity contribution in [2.75, 3.05) is 6.61 Å². The fourth-order valence-electron chi connectivity index (χ4n) is 2.71. The van der Waals surface area contributed by atoms with E-state index in [1.54, 1.807) is 42.7 Å². The average molecular weight is 530 g/mol. The number of primary amides is 1. The van der Waals surface area contributed by atoms with E-state index in [9.17, 15) is 26.7 Å². The molecule has 0 radical (unpaired) electrons. The van der Waals surface area contributed by atoms with Gasteiger partial charge in [-0.05, 0) is 23.8 Å². The van der Waals surface area contributed by atoms with E-state index in [0.717, 1.165) is 0 Å². The highest BCUT2D eigenvalue weighted by Crippen LogP contribution is 2.36. The van der Waals surface area contributed by atoms with E-state index in [0.29, 0.717) is 11.3 Å². The SMILES string of the molecule is NC(=O)c1nc(-c2ccccc2)n(-c2ccc(Cl)c(COCC(F)(F)C(F)(F)F)c2)n1.c1cn[nH]n1. The van der Waals surface area contributed by atoms with Crippen molar-refractivity contribution >= 4 is 17.5 Å². The molecule has 15 heteroatoms. The summed E-state index contributed by atoms with van der Waals surface area (Å²) in [6.07, 6.45) is -2.56. The number of amides is 1. The van der Waals surface area contributed by atoms with Crippen LogP contribution in [0.1, 0.15) is 16.2 Å². The van der Waals surface area contributed by atoms with Gasteiger partial charge in [0, 0.05) is 10.6 Å². The van der Waals surface area contributed by atoms with Crippen LogP contribution in [0.25, 0.3) is 17.1 Å². The number of carbonyl (C=O) groups excluding carboxylic acids is 1. The first-order valence-electron chi connectivity index (χ1n) is 9.92. The number of nitrogens with one attached hydrogen (secondary N) is 1.